The smallest absolute Gasteiger partial charge is 0.293 e. The standard InChI is InChI=1S/C23H20N4O4/c28-22(25-18-10-11-18)15-5-4-8-19(13-15)26-23(29)16-9-12-20(21(14-16)27(30)31)24-17-6-2-1-3-7-17/h1-9,12-14,18,24H,10-11H2,(H,25,28)(H,26,29). The van der Waals surface area contributed by atoms with Gasteiger partial charge in [-0.05, 0) is 55.3 Å². The molecule has 0 bridgehead atoms. The Kier molecular flexibility index (Phi) is 5.61. The Morgan fingerprint density at radius 3 is 2.26 bits per heavy atom. The van der Waals surface area contributed by atoms with Crippen LogP contribution in [0.25, 0.3) is 0 Å². The topological polar surface area (TPSA) is 113 Å². The number of nitrogens with zero attached hydrogens (tertiary/aromatic N) is 1. The number of anilines is 3. The van der Waals surface area contributed by atoms with Crippen LogP contribution < -0.4 is 16.0 Å². The van der Waals surface area contributed by atoms with Crippen molar-refractivity contribution < 1.29 is 14.5 Å². The lowest BCUT2D eigenvalue weighted by Gasteiger charge is -2.10. The number of carbonyl (C=O) groups excluding carboxylic acids is 2. The Labute approximate surface area is 178 Å². The van der Waals surface area contributed by atoms with Gasteiger partial charge in [-0.1, -0.05) is 24.3 Å². The molecule has 0 aromatic heterocycles. The minimum absolute atomic E-state index is 0.137. The van der Waals surface area contributed by atoms with Gasteiger partial charge in [-0.2, -0.15) is 0 Å². The van der Waals surface area contributed by atoms with Gasteiger partial charge in [0.25, 0.3) is 17.5 Å². The van der Waals surface area contributed by atoms with Crippen LogP contribution >= 0.6 is 0 Å². The number of nitrogens with one attached hydrogen (secondary N) is 3. The summed E-state index contributed by atoms with van der Waals surface area (Å²) in [5.41, 5.74) is 1.78. The third-order valence-electron chi connectivity index (χ3n) is 4.80. The van der Waals surface area contributed by atoms with Gasteiger partial charge in [-0.15, -0.1) is 0 Å². The number of nitro groups is 1. The number of rotatable bonds is 7. The van der Waals surface area contributed by atoms with Crippen molar-refractivity contribution >= 4 is 34.6 Å². The van der Waals surface area contributed by atoms with Crippen molar-refractivity contribution in [3.05, 3.63) is 94.0 Å². The summed E-state index contributed by atoms with van der Waals surface area (Å²) in [7, 11) is 0. The first kappa shape index (κ1) is 20.1. The van der Waals surface area contributed by atoms with Gasteiger partial charge in [0.1, 0.15) is 5.69 Å². The van der Waals surface area contributed by atoms with Crippen molar-refractivity contribution in [1.82, 2.24) is 5.32 Å². The molecule has 3 aromatic rings. The molecule has 8 nitrogen and oxygen atoms in total. The van der Waals surface area contributed by atoms with Crippen LogP contribution in [0.3, 0.4) is 0 Å². The molecule has 0 heterocycles. The molecule has 1 fully saturated rings. The third-order valence-corrected chi connectivity index (χ3v) is 4.80. The number of para-hydroxylation sites is 1. The zero-order chi connectivity index (χ0) is 21.8. The maximum absolute atomic E-state index is 12.7. The van der Waals surface area contributed by atoms with Crippen LogP contribution in [0.5, 0.6) is 0 Å². The molecule has 0 saturated heterocycles. The number of amides is 2. The van der Waals surface area contributed by atoms with Crippen molar-refractivity contribution in [3.63, 3.8) is 0 Å². The van der Waals surface area contributed by atoms with Gasteiger partial charge >= 0.3 is 0 Å². The minimum Gasteiger partial charge on any atom is -0.350 e. The fraction of sp³-hybridized carbons (Fsp3) is 0.130. The molecule has 0 spiro atoms. The van der Waals surface area contributed by atoms with Gasteiger partial charge in [0.2, 0.25) is 0 Å². The zero-order valence-corrected chi connectivity index (χ0v) is 16.5. The predicted octanol–water partition coefficient (Wildman–Crippen LogP) is 4.48. The maximum Gasteiger partial charge on any atom is 0.293 e. The average molecular weight is 416 g/mol. The van der Waals surface area contributed by atoms with E-state index in [1.165, 1.54) is 18.2 Å². The molecular formula is C23H20N4O4. The highest BCUT2D eigenvalue weighted by Gasteiger charge is 2.24. The number of nitro benzene ring substituents is 1. The second-order valence-electron chi connectivity index (χ2n) is 7.26. The van der Waals surface area contributed by atoms with Crippen LogP contribution in [0, 0.1) is 10.1 Å². The van der Waals surface area contributed by atoms with Crippen LogP contribution in [0.1, 0.15) is 33.6 Å². The molecule has 2 amide bonds. The number of hydrogen-bond donors (Lipinski definition) is 3. The van der Waals surface area contributed by atoms with Gasteiger partial charge in [0.15, 0.2) is 0 Å². The summed E-state index contributed by atoms with van der Waals surface area (Å²) >= 11 is 0. The first-order valence-corrected chi connectivity index (χ1v) is 9.82. The Balaban J connectivity index is 1.51. The molecule has 156 valence electrons. The van der Waals surface area contributed by atoms with Crippen molar-refractivity contribution in [2.45, 2.75) is 18.9 Å². The van der Waals surface area contributed by atoms with Gasteiger partial charge in [0, 0.05) is 34.6 Å². The molecule has 1 aliphatic rings. The third kappa shape index (κ3) is 5.05. The van der Waals surface area contributed by atoms with E-state index >= 15 is 0 Å². The molecule has 0 atom stereocenters. The van der Waals surface area contributed by atoms with Crippen LogP contribution in [0.2, 0.25) is 0 Å². The van der Waals surface area contributed by atoms with Crippen LogP contribution in [-0.4, -0.2) is 22.8 Å². The lowest BCUT2D eigenvalue weighted by Crippen LogP contribution is -2.25. The molecule has 3 aromatic carbocycles. The average Bonchev–Trinajstić information content (AvgIpc) is 3.58. The molecule has 1 aliphatic carbocycles. The van der Waals surface area contributed by atoms with Crippen molar-refractivity contribution in [1.29, 1.82) is 0 Å². The van der Waals surface area contributed by atoms with Crippen molar-refractivity contribution in [2.75, 3.05) is 10.6 Å². The maximum atomic E-state index is 12.7. The van der Waals surface area contributed by atoms with Crippen LogP contribution in [0.4, 0.5) is 22.7 Å². The normalized spacial score (nSPS) is 12.6. The van der Waals surface area contributed by atoms with Gasteiger partial charge in [-0.25, -0.2) is 0 Å². The molecule has 8 heteroatoms. The fourth-order valence-corrected chi connectivity index (χ4v) is 3.04. The van der Waals surface area contributed by atoms with E-state index in [4.69, 9.17) is 0 Å². The summed E-state index contributed by atoms with van der Waals surface area (Å²) in [6, 6.07) is 20.1. The Bertz CT molecular complexity index is 1140. The van der Waals surface area contributed by atoms with E-state index < -0.39 is 10.8 Å². The van der Waals surface area contributed by atoms with E-state index in [1.807, 2.05) is 18.2 Å². The molecular weight excluding hydrogens is 396 g/mol. The summed E-state index contributed by atoms with van der Waals surface area (Å²) in [6.07, 6.45) is 1.96. The summed E-state index contributed by atoms with van der Waals surface area (Å²) in [5.74, 6) is -0.695. The quantitative estimate of drug-likeness (QED) is 0.388. The number of hydrogen-bond acceptors (Lipinski definition) is 5. The second-order valence-corrected chi connectivity index (χ2v) is 7.26. The Morgan fingerprint density at radius 1 is 0.839 bits per heavy atom. The molecule has 4 rings (SSSR count). The van der Waals surface area contributed by atoms with E-state index in [0.717, 1.165) is 12.8 Å². The summed E-state index contributed by atoms with van der Waals surface area (Å²) in [5, 5.41) is 20.1. The highest BCUT2D eigenvalue weighted by molar-refractivity contribution is 6.06. The largest absolute Gasteiger partial charge is 0.350 e. The first-order valence-electron chi connectivity index (χ1n) is 9.82. The Morgan fingerprint density at radius 2 is 1.55 bits per heavy atom. The van der Waals surface area contributed by atoms with Gasteiger partial charge in [-0.3, -0.25) is 19.7 Å². The van der Waals surface area contributed by atoms with E-state index in [1.54, 1.807) is 36.4 Å². The van der Waals surface area contributed by atoms with E-state index in [2.05, 4.69) is 16.0 Å². The number of benzene rings is 3. The van der Waals surface area contributed by atoms with E-state index in [-0.39, 0.29) is 28.9 Å². The fourth-order valence-electron chi connectivity index (χ4n) is 3.04. The molecule has 0 aliphatic heterocycles. The van der Waals surface area contributed by atoms with Crippen molar-refractivity contribution in [3.8, 4) is 0 Å². The molecule has 0 radical (unpaired) electrons. The number of carbonyl (C=O) groups is 2. The zero-order valence-electron chi connectivity index (χ0n) is 16.5. The molecule has 3 N–H and O–H groups in total. The molecule has 1 saturated carbocycles. The SMILES string of the molecule is O=C(Nc1cccc(C(=O)NC2CC2)c1)c1ccc(Nc2ccccc2)c([N+](=O)[O-])c1. The summed E-state index contributed by atoms with van der Waals surface area (Å²) in [4.78, 5) is 35.9. The van der Waals surface area contributed by atoms with Gasteiger partial charge < -0.3 is 16.0 Å². The van der Waals surface area contributed by atoms with E-state index in [0.29, 0.717) is 16.9 Å². The van der Waals surface area contributed by atoms with Gasteiger partial charge in [0.05, 0.1) is 4.92 Å². The van der Waals surface area contributed by atoms with Crippen LogP contribution in [0.15, 0.2) is 72.8 Å². The lowest BCUT2D eigenvalue weighted by molar-refractivity contribution is -0.383. The van der Waals surface area contributed by atoms with Crippen molar-refractivity contribution in [2.24, 2.45) is 0 Å². The predicted molar refractivity (Wildman–Crippen MR) is 118 cm³/mol. The first-order chi connectivity index (χ1) is 15.0. The molecule has 31 heavy (non-hydrogen) atoms. The molecule has 0 unspecified atom stereocenters. The Hall–Kier alpha value is -4.20. The minimum atomic E-state index is -0.537. The lowest BCUT2D eigenvalue weighted by atomic mass is 10.1. The highest BCUT2D eigenvalue weighted by Crippen LogP contribution is 2.29. The van der Waals surface area contributed by atoms with E-state index in [9.17, 15) is 19.7 Å². The summed E-state index contributed by atoms with van der Waals surface area (Å²) in [6.45, 7) is 0. The summed E-state index contributed by atoms with van der Waals surface area (Å²) < 4.78 is 0. The monoisotopic (exact) mass is 416 g/mol. The second kappa shape index (κ2) is 8.66. The highest BCUT2D eigenvalue weighted by atomic mass is 16.6. The van der Waals surface area contributed by atoms with Crippen LogP contribution in [-0.2, 0) is 0 Å².